The molecular weight excluding hydrogens is 514 g/mol. The lowest BCUT2D eigenvalue weighted by atomic mass is 10.2. The minimum Gasteiger partial charge on any atom is -0.497 e. The highest BCUT2D eigenvalue weighted by molar-refractivity contribution is 9.10. The van der Waals surface area contributed by atoms with Crippen molar-refractivity contribution in [2.45, 2.75) is 4.90 Å². The molecule has 1 N–H and O–H groups in total. The summed E-state index contributed by atoms with van der Waals surface area (Å²) >= 11 is 4.87. The number of anilines is 1. The van der Waals surface area contributed by atoms with Crippen molar-refractivity contribution in [3.05, 3.63) is 81.6 Å². The molecule has 0 spiro atoms. The fraction of sp³-hybridized carbons (Fsp3) is 0.0909. The summed E-state index contributed by atoms with van der Waals surface area (Å²) < 4.78 is 36.5. The van der Waals surface area contributed by atoms with Crippen LogP contribution in [0.15, 0.2) is 81.1 Å². The number of carbonyl (C=O) groups excluding carboxylic acids is 1. The van der Waals surface area contributed by atoms with Gasteiger partial charge in [0.15, 0.2) is 4.80 Å². The predicted molar refractivity (Wildman–Crippen MR) is 129 cm³/mol. The molecule has 0 aliphatic heterocycles. The fourth-order valence-corrected chi connectivity index (χ4v) is 5.64. The van der Waals surface area contributed by atoms with Gasteiger partial charge in [-0.2, -0.15) is 4.99 Å². The number of sulfonamides is 1. The molecule has 0 aliphatic rings. The SMILES string of the molecule is COc1ccc(S(=O)(=O)Nc2ccc(C(=O)N=c3sc4cc(Br)ccc4n3C)cc2)cc1. The molecular formula is C22H18BrN3O4S2. The Morgan fingerprint density at radius 2 is 1.75 bits per heavy atom. The van der Waals surface area contributed by atoms with Gasteiger partial charge in [0.1, 0.15) is 5.75 Å². The second-order valence-corrected chi connectivity index (χ2v) is 10.4. The summed E-state index contributed by atoms with van der Waals surface area (Å²) in [6.45, 7) is 0. The molecule has 0 unspecified atom stereocenters. The van der Waals surface area contributed by atoms with Crippen LogP contribution in [0.5, 0.6) is 5.75 Å². The van der Waals surface area contributed by atoms with Crippen molar-refractivity contribution in [2.75, 3.05) is 11.8 Å². The number of hydrogen-bond acceptors (Lipinski definition) is 5. The molecule has 10 heteroatoms. The number of rotatable bonds is 5. The highest BCUT2D eigenvalue weighted by Crippen LogP contribution is 2.22. The van der Waals surface area contributed by atoms with Crippen LogP contribution in [0.25, 0.3) is 10.2 Å². The number of nitrogens with zero attached hydrogens (tertiary/aromatic N) is 2. The highest BCUT2D eigenvalue weighted by atomic mass is 79.9. The maximum Gasteiger partial charge on any atom is 0.279 e. The van der Waals surface area contributed by atoms with Gasteiger partial charge in [-0.05, 0) is 66.7 Å². The molecule has 32 heavy (non-hydrogen) atoms. The van der Waals surface area contributed by atoms with Crippen molar-refractivity contribution >= 4 is 59.1 Å². The van der Waals surface area contributed by atoms with Crippen LogP contribution in [-0.4, -0.2) is 26.0 Å². The Balaban J connectivity index is 1.55. The van der Waals surface area contributed by atoms with E-state index < -0.39 is 15.9 Å². The van der Waals surface area contributed by atoms with Crippen LogP contribution in [0.1, 0.15) is 10.4 Å². The third-order valence-electron chi connectivity index (χ3n) is 4.72. The van der Waals surface area contributed by atoms with Gasteiger partial charge in [0.2, 0.25) is 0 Å². The summed E-state index contributed by atoms with van der Waals surface area (Å²) in [5, 5.41) is 0. The molecule has 3 aromatic carbocycles. The first-order chi connectivity index (χ1) is 15.3. The maximum absolute atomic E-state index is 12.7. The number of aryl methyl sites for hydroxylation is 1. The molecule has 164 valence electrons. The maximum atomic E-state index is 12.7. The molecule has 0 bridgehead atoms. The van der Waals surface area contributed by atoms with Crippen molar-refractivity contribution in [3.8, 4) is 5.75 Å². The van der Waals surface area contributed by atoms with Crippen molar-refractivity contribution in [3.63, 3.8) is 0 Å². The normalized spacial score (nSPS) is 12.2. The molecule has 4 rings (SSSR count). The summed E-state index contributed by atoms with van der Waals surface area (Å²) in [6, 6.07) is 18.1. The number of carbonyl (C=O) groups is 1. The smallest absolute Gasteiger partial charge is 0.279 e. The van der Waals surface area contributed by atoms with Crippen molar-refractivity contribution < 1.29 is 17.9 Å². The van der Waals surface area contributed by atoms with Crippen LogP contribution in [0.3, 0.4) is 0 Å². The summed E-state index contributed by atoms with van der Waals surface area (Å²) in [4.78, 5) is 17.6. The Morgan fingerprint density at radius 3 is 2.41 bits per heavy atom. The Hall–Kier alpha value is -2.95. The lowest BCUT2D eigenvalue weighted by molar-refractivity contribution is 0.0998. The van der Waals surface area contributed by atoms with Crippen molar-refractivity contribution in [1.29, 1.82) is 0 Å². The van der Waals surface area contributed by atoms with Crippen LogP contribution < -0.4 is 14.3 Å². The third kappa shape index (κ3) is 4.62. The molecule has 7 nitrogen and oxygen atoms in total. The van der Waals surface area contributed by atoms with Gasteiger partial charge < -0.3 is 9.30 Å². The molecule has 0 atom stereocenters. The van der Waals surface area contributed by atoms with Gasteiger partial charge in [-0.15, -0.1) is 0 Å². The van der Waals surface area contributed by atoms with E-state index in [2.05, 4.69) is 25.6 Å². The van der Waals surface area contributed by atoms with Crippen molar-refractivity contribution in [2.24, 2.45) is 12.0 Å². The van der Waals surface area contributed by atoms with Crippen LogP contribution >= 0.6 is 27.3 Å². The van der Waals surface area contributed by atoms with E-state index in [9.17, 15) is 13.2 Å². The number of halogens is 1. The van der Waals surface area contributed by atoms with Crippen molar-refractivity contribution in [1.82, 2.24) is 4.57 Å². The van der Waals surface area contributed by atoms with Crippen LogP contribution in [0.4, 0.5) is 5.69 Å². The molecule has 4 aromatic rings. The van der Waals surface area contributed by atoms with Crippen LogP contribution in [0.2, 0.25) is 0 Å². The zero-order valence-corrected chi connectivity index (χ0v) is 20.3. The van der Waals surface area contributed by atoms with Gasteiger partial charge in [0.05, 0.1) is 22.2 Å². The zero-order valence-electron chi connectivity index (χ0n) is 17.1. The monoisotopic (exact) mass is 531 g/mol. The number of ether oxygens (including phenoxy) is 1. The number of benzene rings is 3. The van der Waals surface area contributed by atoms with E-state index >= 15 is 0 Å². The van der Waals surface area contributed by atoms with Gasteiger partial charge in [-0.3, -0.25) is 9.52 Å². The topological polar surface area (TPSA) is 89.8 Å². The number of aromatic nitrogens is 1. The third-order valence-corrected chi connectivity index (χ3v) is 7.71. The van der Waals surface area contributed by atoms with E-state index in [1.807, 2.05) is 29.8 Å². The number of amides is 1. The minimum atomic E-state index is -3.76. The van der Waals surface area contributed by atoms with Gasteiger partial charge in [-0.25, -0.2) is 8.42 Å². The molecule has 0 saturated heterocycles. The molecule has 0 aliphatic carbocycles. The summed E-state index contributed by atoms with van der Waals surface area (Å²) in [5.74, 6) is 0.158. The standard InChI is InChI=1S/C22H18BrN3O4S2/c1-26-19-12-5-15(23)13-20(19)31-22(26)24-21(27)14-3-6-16(7-4-14)25-32(28,29)18-10-8-17(30-2)9-11-18/h3-13,25H,1-2H3. The molecule has 0 saturated carbocycles. The Labute approximate surface area is 197 Å². The average Bonchev–Trinajstić information content (AvgIpc) is 3.08. The Morgan fingerprint density at radius 1 is 1.06 bits per heavy atom. The van der Waals surface area contributed by atoms with E-state index in [4.69, 9.17) is 4.74 Å². The Bertz CT molecular complexity index is 1470. The largest absolute Gasteiger partial charge is 0.497 e. The first-order valence-electron chi connectivity index (χ1n) is 9.38. The molecule has 0 radical (unpaired) electrons. The van der Waals surface area contributed by atoms with E-state index in [1.165, 1.54) is 42.7 Å². The number of thiazole rings is 1. The highest BCUT2D eigenvalue weighted by Gasteiger charge is 2.15. The predicted octanol–water partition coefficient (Wildman–Crippen LogP) is 4.55. The molecule has 0 fully saturated rings. The van der Waals surface area contributed by atoms with Gasteiger partial charge >= 0.3 is 0 Å². The van der Waals surface area contributed by atoms with E-state index in [1.54, 1.807) is 24.3 Å². The zero-order chi connectivity index (χ0) is 22.9. The van der Waals surface area contributed by atoms with Crippen LogP contribution in [-0.2, 0) is 17.1 Å². The molecule has 1 aromatic heterocycles. The first-order valence-corrected chi connectivity index (χ1v) is 12.5. The Kier molecular flexibility index (Phi) is 6.18. The minimum absolute atomic E-state index is 0.109. The van der Waals surface area contributed by atoms with E-state index in [0.29, 0.717) is 21.8 Å². The second-order valence-electron chi connectivity index (χ2n) is 6.83. The summed E-state index contributed by atoms with van der Waals surface area (Å²) in [7, 11) is -0.396. The first kappa shape index (κ1) is 22.3. The quantitative estimate of drug-likeness (QED) is 0.409. The summed E-state index contributed by atoms with van der Waals surface area (Å²) in [6.07, 6.45) is 0. The number of nitrogens with one attached hydrogen (secondary N) is 1. The average molecular weight is 532 g/mol. The van der Waals surface area contributed by atoms with E-state index in [0.717, 1.165) is 14.7 Å². The number of methoxy groups -OCH3 is 1. The van der Waals surface area contributed by atoms with E-state index in [-0.39, 0.29) is 4.90 Å². The number of hydrogen-bond donors (Lipinski definition) is 1. The van der Waals surface area contributed by atoms with Gasteiger partial charge in [0.25, 0.3) is 15.9 Å². The van der Waals surface area contributed by atoms with Crippen LogP contribution in [0, 0.1) is 0 Å². The molecule has 1 heterocycles. The van der Waals surface area contributed by atoms with Gasteiger partial charge in [-0.1, -0.05) is 27.3 Å². The summed E-state index contributed by atoms with van der Waals surface area (Å²) in [5.41, 5.74) is 1.68. The lowest BCUT2D eigenvalue weighted by Gasteiger charge is -2.09. The second kappa shape index (κ2) is 8.89. The lowest BCUT2D eigenvalue weighted by Crippen LogP contribution is -2.14. The van der Waals surface area contributed by atoms with Gasteiger partial charge in [0, 0.05) is 22.8 Å². The fourth-order valence-electron chi connectivity index (χ4n) is 3.02. The number of fused-ring (bicyclic) bond motifs is 1. The molecule has 1 amide bonds.